The molecule has 0 N–H and O–H groups in total. The maximum absolute atomic E-state index is 6.20. The molecule has 0 aromatic rings. The normalized spacial score (nSPS) is 18.9. The van der Waals surface area contributed by atoms with Gasteiger partial charge in [0, 0.05) is 0 Å². The smallest absolute Gasteiger partial charge is 0.0575 e. The van der Waals surface area contributed by atoms with Gasteiger partial charge in [0.1, 0.15) is 0 Å². The highest BCUT2D eigenvalue weighted by Crippen LogP contribution is 2.33. The number of unbranched alkanes of at least 4 members (excludes halogenated alkanes) is 1. The van der Waals surface area contributed by atoms with E-state index in [0.29, 0.717) is 17.4 Å². The minimum Gasteiger partial charge on any atom is -0.378 e. The summed E-state index contributed by atoms with van der Waals surface area (Å²) in [6.45, 7) is 12.0. The first kappa shape index (κ1) is 17.8. The Bertz CT molecular complexity index is 250. The molecule has 0 radical (unpaired) electrons. The summed E-state index contributed by atoms with van der Waals surface area (Å²) in [5.74, 6) is 0.654. The first-order chi connectivity index (χ1) is 9.57. The standard InChI is InChI=1S/C19H36O/c1-5-7-14-19(3,4)15-17(11-6-2)16-20-18-12-9-8-10-13-18/h6,17-18H,2,5,7-16H2,1,3-4H3/t17-/m1/s1. The van der Waals surface area contributed by atoms with Crippen molar-refractivity contribution in [2.75, 3.05) is 6.61 Å². The van der Waals surface area contributed by atoms with Gasteiger partial charge < -0.3 is 4.74 Å². The molecule has 1 heteroatoms. The van der Waals surface area contributed by atoms with Crippen LogP contribution < -0.4 is 0 Å². The number of rotatable bonds is 10. The van der Waals surface area contributed by atoms with Crippen molar-refractivity contribution in [2.24, 2.45) is 11.3 Å². The van der Waals surface area contributed by atoms with Crippen molar-refractivity contribution in [2.45, 2.75) is 91.1 Å². The SMILES string of the molecule is C=CC[C@@H](COC1CCCCC1)CC(C)(C)CCCC. The van der Waals surface area contributed by atoms with Crippen LogP contribution in [0.25, 0.3) is 0 Å². The monoisotopic (exact) mass is 280 g/mol. The van der Waals surface area contributed by atoms with Crippen molar-refractivity contribution < 1.29 is 4.74 Å². The van der Waals surface area contributed by atoms with Crippen molar-refractivity contribution >= 4 is 0 Å². The van der Waals surface area contributed by atoms with Gasteiger partial charge in [-0.1, -0.05) is 59.0 Å². The maximum Gasteiger partial charge on any atom is 0.0575 e. The van der Waals surface area contributed by atoms with Gasteiger partial charge >= 0.3 is 0 Å². The fourth-order valence-corrected chi connectivity index (χ4v) is 3.49. The average Bonchev–Trinajstić information content (AvgIpc) is 2.44. The Labute approximate surface area is 127 Å². The largest absolute Gasteiger partial charge is 0.378 e. The van der Waals surface area contributed by atoms with Crippen LogP contribution in [0.1, 0.15) is 85.0 Å². The summed E-state index contributed by atoms with van der Waals surface area (Å²) >= 11 is 0. The number of allylic oxidation sites excluding steroid dienone is 1. The Morgan fingerprint density at radius 3 is 2.55 bits per heavy atom. The Balaban J connectivity index is 2.36. The summed E-state index contributed by atoms with van der Waals surface area (Å²) in [6, 6.07) is 0. The van der Waals surface area contributed by atoms with Crippen LogP contribution in [0.4, 0.5) is 0 Å². The highest BCUT2D eigenvalue weighted by atomic mass is 16.5. The van der Waals surface area contributed by atoms with Crippen LogP contribution in [0, 0.1) is 11.3 Å². The highest BCUT2D eigenvalue weighted by Gasteiger charge is 2.23. The lowest BCUT2D eigenvalue weighted by atomic mass is 9.78. The zero-order valence-electron chi connectivity index (χ0n) is 14.1. The summed E-state index contributed by atoms with van der Waals surface area (Å²) in [7, 11) is 0. The van der Waals surface area contributed by atoms with Gasteiger partial charge in [-0.05, 0) is 43.4 Å². The van der Waals surface area contributed by atoms with E-state index < -0.39 is 0 Å². The second kappa shape index (κ2) is 9.60. The molecule has 1 atom stereocenters. The predicted molar refractivity (Wildman–Crippen MR) is 89.1 cm³/mol. The highest BCUT2D eigenvalue weighted by molar-refractivity contribution is 4.80. The van der Waals surface area contributed by atoms with Crippen molar-refractivity contribution in [3.63, 3.8) is 0 Å². The van der Waals surface area contributed by atoms with Gasteiger partial charge in [-0.2, -0.15) is 0 Å². The van der Waals surface area contributed by atoms with E-state index in [0.717, 1.165) is 13.0 Å². The molecule has 0 amide bonds. The molecule has 1 nitrogen and oxygen atoms in total. The third kappa shape index (κ3) is 7.47. The van der Waals surface area contributed by atoms with Crippen LogP contribution in [0.5, 0.6) is 0 Å². The molecule has 0 spiro atoms. The minimum atomic E-state index is 0.444. The lowest BCUT2D eigenvalue weighted by molar-refractivity contribution is -0.000366. The molecule has 1 aliphatic carbocycles. The lowest BCUT2D eigenvalue weighted by Gasteiger charge is -2.31. The quantitative estimate of drug-likeness (QED) is 0.437. The lowest BCUT2D eigenvalue weighted by Crippen LogP contribution is -2.24. The Kier molecular flexibility index (Phi) is 8.52. The van der Waals surface area contributed by atoms with Gasteiger partial charge in [-0.3, -0.25) is 0 Å². The second-order valence-corrected chi connectivity index (χ2v) is 7.46. The molecule has 0 aromatic heterocycles. The summed E-state index contributed by atoms with van der Waals surface area (Å²) in [5.41, 5.74) is 0.444. The van der Waals surface area contributed by atoms with Crippen LogP contribution in [0.3, 0.4) is 0 Å². The van der Waals surface area contributed by atoms with Gasteiger partial charge in [0.05, 0.1) is 12.7 Å². The fourth-order valence-electron chi connectivity index (χ4n) is 3.49. The molecule has 0 heterocycles. The molecular formula is C19H36O. The summed E-state index contributed by atoms with van der Waals surface area (Å²) in [6.07, 6.45) is 15.6. The van der Waals surface area contributed by atoms with E-state index in [2.05, 4.69) is 33.4 Å². The van der Waals surface area contributed by atoms with Crippen molar-refractivity contribution in [1.82, 2.24) is 0 Å². The van der Waals surface area contributed by atoms with E-state index in [-0.39, 0.29) is 0 Å². The van der Waals surface area contributed by atoms with Gasteiger partial charge in [0.25, 0.3) is 0 Å². The molecular weight excluding hydrogens is 244 g/mol. The van der Waals surface area contributed by atoms with Crippen LogP contribution in [0.15, 0.2) is 12.7 Å². The zero-order chi connectivity index (χ0) is 14.8. The predicted octanol–water partition coefficient (Wildman–Crippen LogP) is 6.13. The second-order valence-electron chi connectivity index (χ2n) is 7.46. The Morgan fingerprint density at radius 2 is 1.95 bits per heavy atom. The number of hydrogen-bond donors (Lipinski definition) is 0. The summed E-state index contributed by atoms with van der Waals surface area (Å²) in [4.78, 5) is 0. The molecule has 0 saturated heterocycles. The maximum atomic E-state index is 6.20. The molecule has 20 heavy (non-hydrogen) atoms. The number of ether oxygens (including phenoxy) is 1. The molecule has 118 valence electrons. The first-order valence-electron chi connectivity index (χ1n) is 8.80. The van der Waals surface area contributed by atoms with Gasteiger partial charge in [-0.15, -0.1) is 6.58 Å². The molecule has 0 aromatic carbocycles. The zero-order valence-corrected chi connectivity index (χ0v) is 14.1. The topological polar surface area (TPSA) is 9.23 Å². The van der Waals surface area contributed by atoms with Crippen LogP contribution in [-0.2, 0) is 4.74 Å². The minimum absolute atomic E-state index is 0.444. The van der Waals surface area contributed by atoms with Crippen LogP contribution >= 0.6 is 0 Å². The molecule has 1 aliphatic rings. The average molecular weight is 280 g/mol. The van der Waals surface area contributed by atoms with E-state index in [4.69, 9.17) is 4.74 Å². The first-order valence-corrected chi connectivity index (χ1v) is 8.80. The summed E-state index contributed by atoms with van der Waals surface area (Å²) < 4.78 is 6.20. The van der Waals surface area contributed by atoms with Crippen molar-refractivity contribution in [1.29, 1.82) is 0 Å². The van der Waals surface area contributed by atoms with Crippen molar-refractivity contribution in [3.8, 4) is 0 Å². The molecule has 1 rings (SSSR count). The molecule has 0 unspecified atom stereocenters. The van der Waals surface area contributed by atoms with E-state index in [1.807, 2.05) is 0 Å². The van der Waals surface area contributed by atoms with E-state index >= 15 is 0 Å². The number of hydrogen-bond acceptors (Lipinski definition) is 1. The van der Waals surface area contributed by atoms with Gasteiger partial charge in [0.2, 0.25) is 0 Å². The molecule has 1 fully saturated rings. The molecule has 1 saturated carbocycles. The fraction of sp³-hybridized carbons (Fsp3) is 0.895. The van der Waals surface area contributed by atoms with Gasteiger partial charge in [-0.25, -0.2) is 0 Å². The Hall–Kier alpha value is -0.300. The Morgan fingerprint density at radius 1 is 1.25 bits per heavy atom. The van der Waals surface area contributed by atoms with Crippen molar-refractivity contribution in [3.05, 3.63) is 12.7 Å². The summed E-state index contributed by atoms with van der Waals surface area (Å²) in [5, 5.41) is 0. The van der Waals surface area contributed by atoms with E-state index in [9.17, 15) is 0 Å². The molecule has 0 bridgehead atoms. The van der Waals surface area contributed by atoms with E-state index in [1.54, 1.807) is 0 Å². The van der Waals surface area contributed by atoms with Crippen LogP contribution in [0.2, 0.25) is 0 Å². The third-order valence-corrected chi connectivity index (χ3v) is 4.67. The molecule has 0 aliphatic heterocycles. The van der Waals surface area contributed by atoms with E-state index in [1.165, 1.54) is 57.8 Å². The third-order valence-electron chi connectivity index (χ3n) is 4.67. The van der Waals surface area contributed by atoms with Gasteiger partial charge in [0.15, 0.2) is 0 Å². The van der Waals surface area contributed by atoms with Crippen LogP contribution in [-0.4, -0.2) is 12.7 Å².